The van der Waals surface area contributed by atoms with Crippen LogP contribution in [0.2, 0.25) is 0 Å². The van der Waals surface area contributed by atoms with Crippen molar-refractivity contribution in [2.24, 2.45) is 0 Å². The summed E-state index contributed by atoms with van der Waals surface area (Å²) >= 11 is 0. The lowest BCUT2D eigenvalue weighted by Crippen LogP contribution is -2.16. The highest BCUT2D eigenvalue weighted by Gasteiger charge is 2.37. The molecule has 222 valence electrons. The SMILES string of the molecule is CC1(C)c2ccccc2-c2cccc(-c3ccc(-c4c5ccccc5c(-c5ccccc5-c5ccccc5)c5ccccc45)cc3)c21. The third-order valence-electron chi connectivity index (χ3n) is 10.3. The molecular weight excluding hydrogens is 565 g/mol. The molecule has 0 heterocycles. The summed E-state index contributed by atoms with van der Waals surface area (Å²) in [6.07, 6.45) is 0. The zero-order chi connectivity index (χ0) is 31.5. The van der Waals surface area contributed by atoms with Crippen LogP contribution < -0.4 is 0 Å². The van der Waals surface area contributed by atoms with Crippen molar-refractivity contribution >= 4 is 21.5 Å². The molecular formula is C47H34. The third-order valence-corrected chi connectivity index (χ3v) is 10.3. The van der Waals surface area contributed by atoms with E-state index in [1.54, 1.807) is 0 Å². The van der Waals surface area contributed by atoms with Gasteiger partial charge in [0, 0.05) is 5.41 Å². The van der Waals surface area contributed by atoms with Crippen LogP contribution in [0.25, 0.3) is 77.2 Å². The van der Waals surface area contributed by atoms with E-state index in [1.165, 1.54) is 88.3 Å². The second-order valence-electron chi connectivity index (χ2n) is 13.2. The molecule has 0 heteroatoms. The van der Waals surface area contributed by atoms with Gasteiger partial charge in [-0.25, -0.2) is 0 Å². The molecule has 8 aromatic carbocycles. The lowest BCUT2D eigenvalue weighted by Gasteiger charge is -2.24. The van der Waals surface area contributed by atoms with E-state index in [0.717, 1.165) is 0 Å². The molecule has 9 rings (SSSR count). The molecule has 1 aliphatic carbocycles. The fourth-order valence-corrected chi connectivity index (χ4v) is 8.20. The lowest BCUT2D eigenvalue weighted by molar-refractivity contribution is 0.662. The molecule has 0 bridgehead atoms. The Bertz CT molecular complexity index is 2400. The van der Waals surface area contributed by atoms with Crippen molar-refractivity contribution in [3.05, 3.63) is 181 Å². The molecule has 0 radical (unpaired) electrons. The maximum Gasteiger partial charge on any atom is 0.0165 e. The smallest absolute Gasteiger partial charge is 0.0165 e. The van der Waals surface area contributed by atoms with Crippen LogP contribution in [0.1, 0.15) is 25.0 Å². The average Bonchev–Trinajstić information content (AvgIpc) is 3.37. The van der Waals surface area contributed by atoms with Gasteiger partial charge < -0.3 is 0 Å². The van der Waals surface area contributed by atoms with Gasteiger partial charge in [-0.3, -0.25) is 0 Å². The average molecular weight is 599 g/mol. The molecule has 8 aromatic rings. The fraction of sp³-hybridized carbons (Fsp3) is 0.0638. The summed E-state index contributed by atoms with van der Waals surface area (Å²) in [6.45, 7) is 4.73. The topological polar surface area (TPSA) is 0 Å². The first-order valence-corrected chi connectivity index (χ1v) is 16.5. The van der Waals surface area contributed by atoms with E-state index in [2.05, 4.69) is 184 Å². The lowest BCUT2D eigenvalue weighted by atomic mass is 9.78. The summed E-state index contributed by atoms with van der Waals surface area (Å²) in [7, 11) is 0. The minimum atomic E-state index is -0.0561. The highest BCUT2D eigenvalue weighted by Crippen LogP contribution is 2.52. The summed E-state index contributed by atoms with van der Waals surface area (Å²) in [6, 6.07) is 62.5. The van der Waals surface area contributed by atoms with Gasteiger partial charge in [0.2, 0.25) is 0 Å². The van der Waals surface area contributed by atoms with Gasteiger partial charge in [0.25, 0.3) is 0 Å². The van der Waals surface area contributed by atoms with E-state index >= 15 is 0 Å². The molecule has 0 N–H and O–H groups in total. The highest BCUT2D eigenvalue weighted by atomic mass is 14.4. The minimum Gasteiger partial charge on any atom is -0.0622 e. The standard InChI is InChI=1S/C47H34/c1-47(2)43-26-13-12-18-36(43)42-25-14-24-35(46(42)47)32-27-29-33(30-28-32)44-38-20-8-10-22-40(38)45(41-23-11-9-21-39(41)44)37-19-7-6-17-34(37)31-15-4-3-5-16-31/h3-30H,1-2H3. The number of fused-ring (bicyclic) bond motifs is 5. The van der Waals surface area contributed by atoms with Crippen molar-refractivity contribution in [3.63, 3.8) is 0 Å². The van der Waals surface area contributed by atoms with Gasteiger partial charge in [-0.1, -0.05) is 184 Å². The van der Waals surface area contributed by atoms with Crippen LogP contribution in [0.4, 0.5) is 0 Å². The number of hydrogen-bond acceptors (Lipinski definition) is 0. The number of benzene rings is 8. The Kier molecular flexibility index (Phi) is 6.27. The Balaban J connectivity index is 1.24. The highest BCUT2D eigenvalue weighted by molar-refractivity contribution is 6.22. The van der Waals surface area contributed by atoms with Crippen LogP contribution in [0.15, 0.2) is 170 Å². The first-order chi connectivity index (χ1) is 23.1. The van der Waals surface area contributed by atoms with Crippen molar-refractivity contribution in [2.75, 3.05) is 0 Å². The summed E-state index contributed by atoms with van der Waals surface area (Å²) < 4.78 is 0. The van der Waals surface area contributed by atoms with Crippen LogP contribution in [0.3, 0.4) is 0 Å². The van der Waals surface area contributed by atoms with Crippen LogP contribution in [-0.4, -0.2) is 0 Å². The van der Waals surface area contributed by atoms with Gasteiger partial charge in [-0.15, -0.1) is 0 Å². The van der Waals surface area contributed by atoms with E-state index in [9.17, 15) is 0 Å². The number of hydrogen-bond donors (Lipinski definition) is 0. The summed E-state index contributed by atoms with van der Waals surface area (Å²) in [5, 5.41) is 5.09. The predicted octanol–water partition coefficient (Wildman–Crippen LogP) is 13.0. The predicted molar refractivity (Wildman–Crippen MR) is 201 cm³/mol. The molecule has 0 aliphatic heterocycles. The van der Waals surface area contributed by atoms with Crippen molar-refractivity contribution in [1.29, 1.82) is 0 Å². The normalized spacial score (nSPS) is 13.1. The molecule has 0 saturated carbocycles. The molecule has 0 fully saturated rings. The van der Waals surface area contributed by atoms with Crippen LogP contribution >= 0.6 is 0 Å². The van der Waals surface area contributed by atoms with E-state index < -0.39 is 0 Å². The van der Waals surface area contributed by atoms with Crippen LogP contribution in [0.5, 0.6) is 0 Å². The van der Waals surface area contributed by atoms with Gasteiger partial charge in [0.15, 0.2) is 0 Å². The van der Waals surface area contributed by atoms with Gasteiger partial charge in [-0.2, -0.15) is 0 Å². The molecule has 0 spiro atoms. The molecule has 0 unspecified atom stereocenters. The first-order valence-electron chi connectivity index (χ1n) is 16.5. The monoisotopic (exact) mass is 598 g/mol. The van der Waals surface area contributed by atoms with Crippen molar-refractivity contribution in [2.45, 2.75) is 19.3 Å². The molecule has 1 aliphatic rings. The maximum atomic E-state index is 2.37. The third kappa shape index (κ3) is 4.22. The van der Waals surface area contributed by atoms with Crippen molar-refractivity contribution < 1.29 is 0 Å². The second kappa shape index (κ2) is 10.7. The second-order valence-corrected chi connectivity index (χ2v) is 13.2. The zero-order valence-electron chi connectivity index (χ0n) is 26.7. The Labute approximate surface area is 276 Å². The molecule has 0 nitrogen and oxygen atoms in total. The summed E-state index contributed by atoms with van der Waals surface area (Å²) in [4.78, 5) is 0. The van der Waals surface area contributed by atoms with Crippen molar-refractivity contribution in [3.8, 4) is 55.6 Å². The molecule has 47 heavy (non-hydrogen) atoms. The fourth-order valence-electron chi connectivity index (χ4n) is 8.20. The van der Waals surface area contributed by atoms with Crippen LogP contribution in [0, 0.1) is 0 Å². The van der Waals surface area contributed by atoms with Gasteiger partial charge >= 0.3 is 0 Å². The van der Waals surface area contributed by atoms with E-state index in [-0.39, 0.29) is 5.41 Å². The molecule has 0 saturated heterocycles. The van der Waals surface area contributed by atoms with Gasteiger partial charge in [0.05, 0.1) is 0 Å². The van der Waals surface area contributed by atoms with E-state index in [4.69, 9.17) is 0 Å². The van der Waals surface area contributed by atoms with Gasteiger partial charge in [-0.05, 0) is 88.3 Å². The molecule has 0 amide bonds. The van der Waals surface area contributed by atoms with E-state index in [0.29, 0.717) is 0 Å². The zero-order valence-corrected chi connectivity index (χ0v) is 26.7. The quantitative estimate of drug-likeness (QED) is 0.177. The summed E-state index contributed by atoms with van der Waals surface area (Å²) in [5.74, 6) is 0. The minimum absolute atomic E-state index is 0.0561. The van der Waals surface area contributed by atoms with E-state index in [1.807, 2.05) is 0 Å². The molecule has 0 aromatic heterocycles. The Morgan fingerprint density at radius 1 is 0.298 bits per heavy atom. The van der Waals surface area contributed by atoms with Crippen molar-refractivity contribution in [1.82, 2.24) is 0 Å². The maximum absolute atomic E-state index is 2.37. The Morgan fingerprint density at radius 3 is 1.40 bits per heavy atom. The first kappa shape index (κ1) is 27.6. The number of rotatable bonds is 4. The Morgan fingerprint density at radius 2 is 0.745 bits per heavy atom. The van der Waals surface area contributed by atoms with Gasteiger partial charge in [0.1, 0.15) is 0 Å². The molecule has 0 atom stereocenters. The van der Waals surface area contributed by atoms with Crippen LogP contribution in [-0.2, 0) is 5.41 Å². The largest absolute Gasteiger partial charge is 0.0622 e. The summed E-state index contributed by atoms with van der Waals surface area (Å²) in [5.41, 5.74) is 15.6. The Hall–Kier alpha value is -5.72.